The number of fused-ring (bicyclic) bond motifs is 1. The minimum atomic E-state index is -0.347. The smallest absolute Gasteiger partial charge is 0.269 e. The monoisotopic (exact) mass is 292 g/mol. The second-order valence-corrected chi connectivity index (χ2v) is 5.16. The number of halogens is 1. The minimum absolute atomic E-state index is 0.247. The number of benzene rings is 1. The standard InChI is InChI=1S/C15H17ClN2O2/c1-10(19)5-4-8-17-15(20)14-9-12(16)11-6-2-3-7-13(11)18-14/h2-3,6-7,9-10,19H,4-5,8H2,1H3,(H,17,20). The van der Waals surface area contributed by atoms with Crippen LogP contribution in [0, 0.1) is 0 Å². The summed E-state index contributed by atoms with van der Waals surface area (Å²) in [7, 11) is 0. The Morgan fingerprint density at radius 1 is 1.45 bits per heavy atom. The molecule has 20 heavy (non-hydrogen) atoms. The van der Waals surface area contributed by atoms with Gasteiger partial charge in [-0.3, -0.25) is 4.79 Å². The van der Waals surface area contributed by atoms with Gasteiger partial charge in [0.2, 0.25) is 0 Å². The summed E-state index contributed by atoms with van der Waals surface area (Å²) < 4.78 is 0. The third-order valence-corrected chi connectivity index (χ3v) is 3.30. The molecule has 0 fully saturated rings. The highest BCUT2D eigenvalue weighted by Gasteiger charge is 2.10. The number of hydrogen-bond donors (Lipinski definition) is 2. The molecule has 0 bridgehead atoms. The number of rotatable bonds is 5. The molecule has 1 atom stereocenters. The summed E-state index contributed by atoms with van der Waals surface area (Å²) in [6.45, 7) is 2.24. The van der Waals surface area contributed by atoms with Crippen LogP contribution >= 0.6 is 11.6 Å². The fourth-order valence-corrected chi connectivity index (χ4v) is 2.20. The van der Waals surface area contributed by atoms with Crippen LogP contribution in [0.4, 0.5) is 0 Å². The van der Waals surface area contributed by atoms with E-state index in [2.05, 4.69) is 10.3 Å². The van der Waals surface area contributed by atoms with Crippen molar-refractivity contribution in [2.24, 2.45) is 0 Å². The van der Waals surface area contributed by atoms with Crippen molar-refractivity contribution < 1.29 is 9.90 Å². The Bertz CT molecular complexity index is 614. The summed E-state index contributed by atoms with van der Waals surface area (Å²) in [6, 6.07) is 9.01. The van der Waals surface area contributed by atoms with Crippen molar-refractivity contribution >= 4 is 28.4 Å². The summed E-state index contributed by atoms with van der Waals surface area (Å²) in [4.78, 5) is 16.3. The van der Waals surface area contributed by atoms with Crippen LogP contribution in [-0.4, -0.2) is 28.6 Å². The number of hydrogen-bond acceptors (Lipinski definition) is 3. The highest BCUT2D eigenvalue weighted by molar-refractivity contribution is 6.35. The van der Waals surface area contributed by atoms with Crippen molar-refractivity contribution in [2.75, 3.05) is 6.54 Å². The van der Waals surface area contributed by atoms with E-state index >= 15 is 0 Å². The third-order valence-electron chi connectivity index (χ3n) is 2.98. The van der Waals surface area contributed by atoms with E-state index in [4.69, 9.17) is 16.7 Å². The second-order valence-electron chi connectivity index (χ2n) is 4.75. The lowest BCUT2D eigenvalue weighted by molar-refractivity contribution is 0.0945. The van der Waals surface area contributed by atoms with Gasteiger partial charge in [-0.15, -0.1) is 0 Å². The molecule has 4 nitrogen and oxygen atoms in total. The van der Waals surface area contributed by atoms with Gasteiger partial charge in [0, 0.05) is 11.9 Å². The maximum absolute atomic E-state index is 12.0. The molecule has 0 radical (unpaired) electrons. The lowest BCUT2D eigenvalue weighted by atomic mass is 10.2. The highest BCUT2D eigenvalue weighted by atomic mass is 35.5. The minimum Gasteiger partial charge on any atom is -0.393 e. The lowest BCUT2D eigenvalue weighted by Gasteiger charge is -2.07. The van der Waals surface area contributed by atoms with E-state index < -0.39 is 0 Å². The van der Waals surface area contributed by atoms with E-state index in [9.17, 15) is 4.79 Å². The van der Waals surface area contributed by atoms with Gasteiger partial charge < -0.3 is 10.4 Å². The number of aliphatic hydroxyl groups excluding tert-OH is 1. The Labute approximate surface area is 122 Å². The molecule has 2 aromatic rings. The van der Waals surface area contributed by atoms with E-state index in [1.807, 2.05) is 24.3 Å². The predicted octanol–water partition coefficient (Wildman–Crippen LogP) is 2.78. The zero-order chi connectivity index (χ0) is 14.5. The van der Waals surface area contributed by atoms with Gasteiger partial charge in [0.15, 0.2) is 0 Å². The summed E-state index contributed by atoms with van der Waals surface area (Å²) in [5.74, 6) is -0.247. The second kappa shape index (κ2) is 6.68. The van der Waals surface area contributed by atoms with Crippen molar-refractivity contribution in [3.05, 3.63) is 41.0 Å². The molecule has 106 valence electrons. The molecule has 1 heterocycles. The fourth-order valence-electron chi connectivity index (χ4n) is 1.94. The molecule has 0 spiro atoms. The first-order valence-electron chi connectivity index (χ1n) is 6.59. The maximum atomic E-state index is 12.0. The molecule has 5 heteroatoms. The van der Waals surface area contributed by atoms with E-state index in [1.165, 1.54) is 0 Å². The number of para-hydroxylation sites is 1. The molecule has 2 N–H and O–H groups in total. The van der Waals surface area contributed by atoms with Crippen LogP contribution in [0.15, 0.2) is 30.3 Å². The summed E-state index contributed by atoms with van der Waals surface area (Å²) >= 11 is 6.16. The Balaban J connectivity index is 2.07. The molecule has 0 aliphatic heterocycles. The molecular formula is C15H17ClN2O2. The van der Waals surface area contributed by atoms with Crippen molar-refractivity contribution in [1.82, 2.24) is 10.3 Å². The van der Waals surface area contributed by atoms with Gasteiger partial charge in [-0.1, -0.05) is 29.8 Å². The van der Waals surface area contributed by atoms with Crippen molar-refractivity contribution in [2.45, 2.75) is 25.9 Å². The Hall–Kier alpha value is -1.65. The van der Waals surface area contributed by atoms with Gasteiger partial charge >= 0.3 is 0 Å². The summed E-state index contributed by atoms with van der Waals surface area (Å²) in [5.41, 5.74) is 1.01. The number of aliphatic hydroxyl groups is 1. The molecule has 0 aliphatic carbocycles. The number of carbonyl (C=O) groups is 1. The largest absolute Gasteiger partial charge is 0.393 e. The predicted molar refractivity (Wildman–Crippen MR) is 80.0 cm³/mol. The summed E-state index contributed by atoms with van der Waals surface area (Å²) in [5, 5.41) is 13.3. The topological polar surface area (TPSA) is 62.2 Å². The van der Waals surface area contributed by atoms with Gasteiger partial charge in [-0.05, 0) is 31.9 Å². The van der Waals surface area contributed by atoms with Crippen LogP contribution in [0.3, 0.4) is 0 Å². The average molecular weight is 293 g/mol. The van der Waals surface area contributed by atoms with Gasteiger partial charge in [-0.2, -0.15) is 0 Å². The highest BCUT2D eigenvalue weighted by Crippen LogP contribution is 2.22. The van der Waals surface area contributed by atoms with Crippen LogP contribution in [-0.2, 0) is 0 Å². The molecule has 0 aliphatic rings. The van der Waals surface area contributed by atoms with Crippen molar-refractivity contribution in [1.29, 1.82) is 0 Å². The number of nitrogens with one attached hydrogen (secondary N) is 1. The first-order valence-corrected chi connectivity index (χ1v) is 6.97. The fraction of sp³-hybridized carbons (Fsp3) is 0.333. The van der Waals surface area contributed by atoms with E-state index in [0.717, 1.165) is 11.8 Å². The normalized spacial score (nSPS) is 12.3. The molecule has 1 unspecified atom stereocenters. The van der Waals surface area contributed by atoms with Crippen LogP contribution in [0.1, 0.15) is 30.3 Å². The first kappa shape index (κ1) is 14.8. The Kier molecular flexibility index (Phi) is 4.93. The number of nitrogens with zero attached hydrogens (tertiary/aromatic N) is 1. The van der Waals surface area contributed by atoms with Gasteiger partial charge in [-0.25, -0.2) is 4.98 Å². The number of amides is 1. The third kappa shape index (κ3) is 3.68. The van der Waals surface area contributed by atoms with Crippen LogP contribution in [0.2, 0.25) is 5.02 Å². The van der Waals surface area contributed by atoms with Crippen LogP contribution in [0.25, 0.3) is 10.9 Å². The van der Waals surface area contributed by atoms with Gasteiger partial charge in [0.25, 0.3) is 5.91 Å². The number of carbonyl (C=O) groups excluding carboxylic acids is 1. The van der Waals surface area contributed by atoms with Crippen molar-refractivity contribution in [3.8, 4) is 0 Å². The zero-order valence-corrected chi connectivity index (χ0v) is 12.0. The first-order chi connectivity index (χ1) is 9.58. The quantitative estimate of drug-likeness (QED) is 0.833. The summed E-state index contributed by atoms with van der Waals surface area (Å²) in [6.07, 6.45) is 1.04. The van der Waals surface area contributed by atoms with Crippen LogP contribution in [0.5, 0.6) is 0 Å². The molecule has 1 aromatic heterocycles. The van der Waals surface area contributed by atoms with Crippen LogP contribution < -0.4 is 5.32 Å². The van der Waals surface area contributed by atoms with E-state index in [1.54, 1.807) is 13.0 Å². The SMILES string of the molecule is CC(O)CCCNC(=O)c1cc(Cl)c2ccccc2n1. The molecule has 0 saturated heterocycles. The van der Waals surface area contributed by atoms with Crippen molar-refractivity contribution in [3.63, 3.8) is 0 Å². The van der Waals surface area contributed by atoms with Gasteiger partial charge in [0.1, 0.15) is 5.69 Å². The molecule has 1 aromatic carbocycles. The molecule has 1 amide bonds. The average Bonchev–Trinajstić information content (AvgIpc) is 2.43. The number of pyridine rings is 1. The Morgan fingerprint density at radius 3 is 2.95 bits per heavy atom. The molecule has 2 rings (SSSR count). The van der Waals surface area contributed by atoms with Gasteiger partial charge in [0.05, 0.1) is 16.6 Å². The zero-order valence-electron chi connectivity index (χ0n) is 11.3. The maximum Gasteiger partial charge on any atom is 0.269 e. The molecule has 0 saturated carbocycles. The van der Waals surface area contributed by atoms with E-state index in [-0.39, 0.29) is 12.0 Å². The molecular weight excluding hydrogens is 276 g/mol. The number of aromatic nitrogens is 1. The lowest BCUT2D eigenvalue weighted by Crippen LogP contribution is -2.26. The Morgan fingerprint density at radius 2 is 2.20 bits per heavy atom. The van der Waals surface area contributed by atoms with E-state index in [0.29, 0.717) is 29.2 Å².